The molecule has 0 spiro atoms. The second kappa shape index (κ2) is 5.85. The van der Waals surface area contributed by atoms with E-state index in [-0.39, 0.29) is 0 Å². The molecule has 0 saturated carbocycles. The molecule has 0 radical (unpaired) electrons. The van der Waals surface area contributed by atoms with Gasteiger partial charge in [-0.2, -0.15) is 0 Å². The summed E-state index contributed by atoms with van der Waals surface area (Å²) in [6.07, 6.45) is 1.41. The van der Waals surface area contributed by atoms with Crippen molar-refractivity contribution in [2.24, 2.45) is 0 Å². The first-order valence-electron chi connectivity index (χ1n) is 5.88. The van der Waals surface area contributed by atoms with Gasteiger partial charge in [0.05, 0.1) is 17.7 Å². The van der Waals surface area contributed by atoms with Gasteiger partial charge in [-0.05, 0) is 47.0 Å². The summed E-state index contributed by atoms with van der Waals surface area (Å²) in [7, 11) is 1.68. The Morgan fingerprint density at radius 2 is 2.35 bits per heavy atom. The van der Waals surface area contributed by atoms with Crippen LogP contribution in [0.4, 0.5) is 0 Å². The van der Waals surface area contributed by atoms with Crippen LogP contribution in [0.25, 0.3) is 0 Å². The fourth-order valence-electron chi connectivity index (χ4n) is 2.07. The van der Waals surface area contributed by atoms with Crippen molar-refractivity contribution in [3.05, 3.63) is 28.2 Å². The molecule has 0 aromatic heterocycles. The predicted molar refractivity (Wildman–Crippen MR) is 71.4 cm³/mol. The van der Waals surface area contributed by atoms with Crippen molar-refractivity contribution in [3.8, 4) is 5.75 Å². The van der Waals surface area contributed by atoms with E-state index in [0.29, 0.717) is 12.1 Å². The van der Waals surface area contributed by atoms with Crippen LogP contribution in [0.1, 0.15) is 18.9 Å². The second-order valence-corrected chi connectivity index (χ2v) is 5.18. The molecule has 2 unspecified atom stereocenters. The van der Waals surface area contributed by atoms with Gasteiger partial charge in [0.15, 0.2) is 0 Å². The lowest BCUT2D eigenvalue weighted by Gasteiger charge is -2.16. The second-order valence-electron chi connectivity index (χ2n) is 4.32. The molecule has 0 amide bonds. The number of rotatable bonds is 4. The van der Waals surface area contributed by atoms with Crippen molar-refractivity contribution >= 4 is 15.9 Å². The summed E-state index contributed by atoms with van der Waals surface area (Å²) in [5.41, 5.74) is 1.25. The maximum absolute atomic E-state index is 5.52. The molecule has 2 atom stereocenters. The van der Waals surface area contributed by atoms with Crippen LogP contribution in [-0.4, -0.2) is 25.9 Å². The molecular formula is C13H18BrNO2. The van der Waals surface area contributed by atoms with Gasteiger partial charge in [0.2, 0.25) is 0 Å². The lowest BCUT2D eigenvalue weighted by atomic mass is 10.1. The van der Waals surface area contributed by atoms with Crippen molar-refractivity contribution in [1.29, 1.82) is 0 Å². The van der Waals surface area contributed by atoms with Crippen molar-refractivity contribution in [2.45, 2.75) is 32.0 Å². The van der Waals surface area contributed by atoms with Crippen LogP contribution in [0.15, 0.2) is 22.7 Å². The van der Waals surface area contributed by atoms with Crippen LogP contribution in [0.5, 0.6) is 5.75 Å². The van der Waals surface area contributed by atoms with Crippen molar-refractivity contribution in [1.82, 2.24) is 5.32 Å². The molecule has 17 heavy (non-hydrogen) atoms. The Hall–Kier alpha value is -0.580. The van der Waals surface area contributed by atoms with Crippen molar-refractivity contribution < 1.29 is 9.47 Å². The molecule has 1 N–H and O–H groups in total. The van der Waals surface area contributed by atoms with Gasteiger partial charge in [0.25, 0.3) is 0 Å². The van der Waals surface area contributed by atoms with Crippen molar-refractivity contribution in [2.75, 3.05) is 13.7 Å². The molecular weight excluding hydrogens is 282 g/mol. The summed E-state index contributed by atoms with van der Waals surface area (Å²) >= 11 is 3.50. The maximum atomic E-state index is 5.52. The molecule has 1 saturated heterocycles. The minimum absolute atomic E-state index is 0.316. The van der Waals surface area contributed by atoms with Gasteiger partial charge in [-0.15, -0.1) is 0 Å². The zero-order valence-electron chi connectivity index (χ0n) is 10.2. The van der Waals surface area contributed by atoms with Gasteiger partial charge in [-0.1, -0.05) is 6.07 Å². The first-order chi connectivity index (χ1) is 8.20. The lowest BCUT2D eigenvalue weighted by Crippen LogP contribution is -2.34. The van der Waals surface area contributed by atoms with E-state index >= 15 is 0 Å². The quantitative estimate of drug-likeness (QED) is 0.927. The Morgan fingerprint density at radius 1 is 1.53 bits per heavy atom. The van der Waals surface area contributed by atoms with Crippen LogP contribution in [0.2, 0.25) is 0 Å². The molecule has 0 aliphatic carbocycles. The fourth-order valence-corrected chi connectivity index (χ4v) is 2.66. The zero-order valence-corrected chi connectivity index (χ0v) is 11.8. The lowest BCUT2D eigenvalue weighted by molar-refractivity contribution is 0.113. The number of nitrogens with one attached hydrogen (secondary N) is 1. The molecule has 1 fully saturated rings. The van der Waals surface area contributed by atoms with Gasteiger partial charge >= 0.3 is 0 Å². The molecule has 1 aromatic carbocycles. The maximum Gasteiger partial charge on any atom is 0.133 e. The van der Waals surface area contributed by atoms with E-state index in [9.17, 15) is 0 Å². The third kappa shape index (κ3) is 3.21. The number of hydrogen-bond donors (Lipinski definition) is 1. The standard InChI is InChI=1S/C13H18BrNO2/c1-9-12(5-6-17-9)15-8-10-3-4-13(16-2)11(14)7-10/h3-4,7,9,12,15H,5-6,8H2,1-2H3. The third-order valence-corrected chi connectivity index (χ3v) is 3.78. The highest BCUT2D eigenvalue weighted by molar-refractivity contribution is 9.10. The molecule has 1 aromatic rings. The number of ether oxygens (including phenoxy) is 2. The largest absolute Gasteiger partial charge is 0.496 e. The summed E-state index contributed by atoms with van der Waals surface area (Å²) < 4.78 is 11.7. The van der Waals surface area contributed by atoms with E-state index in [2.05, 4.69) is 40.3 Å². The SMILES string of the molecule is COc1ccc(CNC2CCOC2C)cc1Br. The summed E-state index contributed by atoms with van der Waals surface area (Å²) in [6.45, 7) is 3.85. The zero-order chi connectivity index (χ0) is 12.3. The minimum Gasteiger partial charge on any atom is -0.496 e. The predicted octanol–water partition coefficient (Wildman–Crippen LogP) is 2.72. The van der Waals surface area contributed by atoms with Gasteiger partial charge in [-0.25, -0.2) is 0 Å². The van der Waals surface area contributed by atoms with E-state index in [0.717, 1.165) is 29.8 Å². The Labute approximate surface area is 111 Å². The summed E-state index contributed by atoms with van der Waals surface area (Å²) in [6, 6.07) is 6.62. The van der Waals surface area contributed by atoms with Gasteiger partial charge in [0, 0.05) is 19.2 Å². The number of hydrogen-bond acceptors (Lipinski definition) is 3. The molecule has 1 heterocycles. The summed E-state index contributed by atoms with van der Waals surface area (Å²) in [5, 5.41) is 3.53. The number of benzene rings is 1. The molecule has 0 bridgehead atoms. The highest BCUT2D eigenvalue weighted by Gasteiger charge is 2.23. The minimum atomic E-state index is 0.316. The third-order valence-electron chi connectivity index (χ3n) is 3.16. The van der Waals surface area contributed by atoms with Gasteiger partial charge in [-0.3, -0.25) is 0 Å². The van der Waals surface area contributed by atoms with E-state index in [1.54, 1.807) is 7.11 Å². The summed E-state index contributed by atoms with van der Waals surface area (Å²) in [4.78, 5) is 0. The Morgan fingerprint density at radius 3 is 2.94 bits per heavy atom. The smallest absolute Gasteiger partial charge is 0.133 e. The highest BCUT2D eigenvalue weighted by Crippen LogP contribution is 2.25. The summed E-state index contributed by atoms with van der Waals surface area (Å²) in [5.74, 6) is 0.867. The van der Waals surface area contributed by atoms with Crippen LogP contribution < -0.4 is 10.1 Å². The van der Waals surface area contributed by atoms with E-state index in [1.807, 2.05) is 6.07 Å². The van der Waals surface area contributed by atoms with E-state index in [4.69, 9.17) is 9.47 Å². The van der Waals surface area contributed by atoms with Crippen LogP contribution in [-0.2, 0) is 11.3 Å². The molecule has 1 aliphatic heterocycles. The molecule has 3 nitrogen and oxygen atoms in total. The van der Waals surface area contributed by atoms with Crippen LogP contribution in [0.3, 0.4) is 0 Å². The van der Waals surface area contributed by atoms with Crippen LogP contribution in [0, 0.1) is 0 Å². The Kier molecular flexibility index (Phi) is 4.42. The van der Waals surface area contributed by atoms with Crippen molar-refractivity contribution in [3.63, 3.8) is 0 Å². The molecule has 4 heteroatoms. The fraction of sp³-hybridized carbons (Fsp3) is 0.538. The van der Waals surface area contributed by atoms with Gasteiger partial charge in [0.1, 0.15) is 5.75 Å². The number of methoxy groups -OCH3 is 1. The van der Waals surface area contributed by atoms with E-state index in [1.165, 1.54) is 5.56 Å². The molecule has 2 rings (SSSR count). The average Bonchev–Trinajstić information content (AvgIpc) is 2.72. The first kappa shape index (κ1) is 12.9. The normalized spacial score (nSPS) is 23.9. The highest BCUT2D eigenvalue weighted by atomic mass is 79.9. The Balaban J connectivity index is 1.92. The van der Waals surface area contributed by atoms with Gasteiger partial charge < -0.3 is 14.8 Å². The Bertz CT molecular complexity index is 384. The topological polar surface area (TPSA) is 30.5 Å². The van der Waals surface area contributed by atoms with E-state index < -0.39 is 0 Å². The average molecular weight is 300 g/mol. The molecule has 1 aliphatic rings. The first-order valence-corrected chi connectivity index (χ1v) is 6.67. The monoisotopic (exact) mass is 299 g/mol. The number of halogens is 1. The van der Waals surface area contributed by atoms with Crippen LogP contribution >= 0.6 is 15.9 Å². The molecule has 94 valence electrons.